The molecule has 0 unspecified atom stereocenters. The second-order valence-electron chi connectivity index (χ2n) is 7.73. The Morgan fingerprint density at radius 1 is 1.13 bits per heavy atom. The number of rotatable bonds is 4. The predicted octanol–water partition coefficient (Wildman–Crippen LogP) is 5.14. The molecule has 7 nitrogen and oxygen atoms in total. The van der Waals surface area contributed by atoms with Crippen LogP contribution in [0.2, 0.25) is 0 Å². The summed E-state index contributed by atoms with van der Waals surface area (Å²) in [7, 11) is 0. The van der Waals surface area contributed by atoms with Crippen molar-refractivity contribution in [1.82, 2.24) is 15.2 Å². The van der Waals surface area contributed by atoms with Gasteiger partial charge in [0.05, 0.1) is 11.9 Å². The molecule has 1 amide bonds. The number of hydrazone groups is 1. The maximum absolute atomic E-state index is 11.9. The molecule has 1 N–H and O–H groups in total. The second kappa shape index (κ2) is 7.87. The summed E-state index contributed by atoms with van der Waals surface area (Å²) < 4.78 is 12.9. The van der Waals surface area contributed by atoms with Crippen molar-refractivity contribution in [1.29, 1.82) is 0 Å². The van der Waals surface area contributed by atoms with Crippen LogP contribution in [0.15, 0.2) is 76.4 Å². The summed E-state index contributed by atoms with van der Waals surface area (Å²) in [5, 5.41) is 9.70. The molecule has 7 heteroatoms. The van der Waals surface area contributed by atoms with E-state index in [1.54, 1.807) is 25.5 Å². The molecular formula is C23H22N4O3. The van der Waals surface area contributed by atoms with Crippen molar-refractivity contribution in [2.75, 3.05) is 0 Å². The van der Waals surface area contributed by atoms with Crippen molar-refractivity contribution in [2.45, 2.75) is 26.4 Å². The third-order valence-electron chi connectivity index (χ3n) is 4.18. The van der Waals surface area contributed by atoms with Crippen LogP contribution in [0.5, 0.6) is 0 Å². The molecule has 0 radical (unpaired) electrons. The Kier molecular flexibility index (Phi) is 5.10. The minimum absolute atomic E-state index is 0.600. The summed E-state index contributed by atoms with van der Waals surface area (Å²) in [6, 6.07) is 19.4. The maximum atomic E-state index is 11.9. The number of hydrogen-bond donors (Lipinski definition) is 1. The normalized spacial score (nSPS) is 11.8. The summed E-state index contributed by atoms with van der Waals surface area (Å²) in [5.74, 6) is 0.615. The highest BCUT2D eigenvalue weighted by molar-refractivity contribution is 5.91. The number of fused-ring (bicyclic) bond motifs is 1. The van der Waals surface area contributed by atoms with Gasteiger partial charge in [0.15, 0.2) is 5.76 Å². The summed E-state index contributed by atoms with van der Waals surface area (Å²) in [6.07, 6.45) is 2.73. The van der Waals surface area contributed by atoms with Gasteiger partial charge in [-0.1, -0.05) is 36.4 Å². The van der Waals surface area contributed by atoms with Gasteiger partial charge in [-0.15, -0.1) is 0 Å². The average Bonchev–Trinajstić information content (AvgIpc) is 3.31. The number of carbonyl (C=O) groups is 1. The fourth-order valence-electron chi connectivity index (χ4n) is 2.94. The fourth-order valence-corrected chi connectivity index (χ4v) is 2.94. The standard InChI is InChI=1S/C23H22N4O3/c1-23(2,3)30-22(28)25-24-14-17-15-27(18-10-5-4-6-11-18)26-21(17)20-13-16-9-7-8-12-19(16)29-20/h4-15H,1-3H3,(H,25,28)/b24-14+. The van der Waals surface area contributed by atoms with Crippen LogP contribution in [0.1, 0.15) is 26.3 Å². The predicted molar refractivity (Wildman–Crippen MR) is 116 cm³/mol. The molecule has 0 aliphatic heterocycles. The monoisotopic (exact) mass is 402 g/mol. The quantitative estimate of drug-likeness (QED) is 0.378. The van der Waals surface area contributed by atoms with Gasteiger partial charge in [-0.2, -0.15) is 10.2 Å². The van der Waals surface area contributed by atoms with Gasteiger partial charge in [0.2, 0.25) is 0 Å². The number of carbonyl (C=O) groups excluding carboxylic acids is 1. The molecule has 2 aromatic carbocycles. The van der Waals surface area contributed by atoms with Crippen LogP contribution < -0.4 is 5.43 Å². The molecule has 0 aliphatic carbocycles. The lowest BCUT2D eigenvalue weighted by atomic mass is 10.2. The smallest absolute Gasteiger partial charge is 0.428 e. The van der Waals surface area contributed by atoms with Gasteiger partial charge >= 0.3 is 6.09 Å². The van der Waals surface area contributed by atoms with Gasteiger partial charge in [0.25, 0.3) is 0 Å². The first-order chi connectivity index (χ1) is 14.4. The number of amides is 1. The topological polar surface area (TPSA) is 81.6 Å². The second-order valence-corrected chi connectivity index (χ2v) is 7.73. The minimum atomic E-state index is -0.625. The Bertz CT molecular complexity index is 1170. The van der Waals surface area contributed by atoms with Gasteiger partial charge in [-0.3, -0.25) is 0 Å². The number of nitrogens with zero attached hydrogens (tertiary/aromatic N) is 3. The number of furan rings is 1. The van der Waals surface area contributed by atoms with Gasteiger partial charge in [-0.05, 0) is 45.0 Å². The molecule has 0 atom stereocenters. The summed E-state index contributed by atoms with van der Waals surface area (Å²) >= 11 is 0. The summed E-state index contributed by atoms with van der Waals surface area (Å²) in [4.78, 5) is 11.9. The van der Waals surface area contributed by atoms with Crippen LogP contribution in [0.3, 0.4) is 0 Å². The van der Waals surface area contributed by atoms with Crippen LogP contribution in [0.25, 0.3) is 28.1 Å². The molecule has 2 heterocycles. The Labute approximate surface area is 174 Å². The van der Waals surface area contributed by atoms with E-state index in [-0.39, 0.29) is 0 Å². The van der Waals surface area contributed by atoms with Gasteiger partial charge in [-0.25, -0.2) is 14.9 Å². The van der Waals surface area contributed by atoms with E-state index in [1.165, 1.54) is 6.21 Å². The molecule has 0 saturated carbocycles. The number of ether oxygens (including phenoxy) is 1. The van der Waals surface area contributed by atoms with Gasteiger partial charge in [0.1, 0.15) is 16.9 Å². The van der Waals surface area contributed by atoms with E-state index >= 15 is 0 Å². The number of hydrogen-bond acceptors (Lipinski definition) is 5. The third kappa shape index (κ3) is 4.41. The number of aromatic nitrogens is 2. The van der Waals surface area contributed by atoms with Crippen LogP contribution in [0, 0.1) is 0 Å². The van der Waals surface area contributed by atoms with E-state index in [1.807, 2.05) is 66.9 Å². The zero-order valence-corrected chi connectivity index (χ0v) is 17.0. The number of nitrogens with one attached hydrogen (secondary N) is 1. The fraction of sp³-hybridized carbons (Fsp3) is 0.174. The van der Waals surface area contributed by atoms with Crippen LogP contribution in [-0.2, 0) is 4.74 Å². The van der Waals surface area contributed by atoms with Crippen molar-refractivity contribution >= 4 is 23.3 Å². The lowest BCUT2D eigenvalue weighted by Crippen LogP contribution is -2.29. The highest BCUT2D eigenvalue weighted by Gasteiger charge is 2.17. The first-order valence-corrected chi connectivity index (χ1v) is 9.55. The Morgan fingerprint density at radius 2 is 1.87 bits per heavy atom. The highest BCUT2D eigenvalue weighted by Crippen LogP contribution is 2.29. The van der Waals surface area contributed by atoms with E-state index in [0.29, 0.717) is 17.0 Å². The largest absolute Gasteiger partial charge is 0.454 e. The molecule has 4 rings (SSSR count). The maximum Gasteiger partial charge on any atom is 0.428 e. The van der Waals surface area contributed by atoms with E-state index in [2.05, 4.69) is 10.5 Å². The average molecular weight is 402 g/mol. The Hall–Kier alpha value is -3.87. The zero-order valence-electron chi connectivity index (χ0n) is 17.0. The van der Waals surface area contributed by atoms with Crippen LogP contribution in [0.4, 0.5) is 4.79 Å². The van der Waals surface area contributed by atoms with Crippen LogP contribution >= 0.6 is 0 Å². The molecule has 4 aromatic rings. The van der Waals surface area contributed by atoms with E-state index in [0.717, 1.165) is 16.7 Å². The minimum Gasteiger partial charge on any atom is -0.454 e. The molecule has 2 aromatic heterocycles. The van der Waals surface area contributed by atoms with Crippen molar-refractivity contribution in [3.8, 4) is 17.1 Å². The van der Waals surface area contributed by atoms with Crippen molar-refractivity contribution in [2.24, 2.45) is 5.10 Å². The molecular weight excluding hydrogens is 380 g/mol. The number of benzene rings is 2. The van der Waals surface area contributed by atoms with Crippen molar-refractivity contribution < 1.29 is 13.9 Å². The first-order valence-electron chi connectivity index (χ1n) is 9.55. The van der Waals surface area contributed by atoms with Gasteiger partial charge in [0, 0.05) is 17.1 Å². The van der Waals surface area contributed by atoms with E-state index in [9.17, 15) is 4.79 Å². The molecule has 0 fully saturated rings. The molecule has 0 aliphatic rings. The SMILES string of the molecule is CC(C)(C)OC(=O)N/N=C/c1cn(-c2ccccc2)nc1-c1cc2ccccc2o1. The lowest BCUT2D eigenvalue weighted by Gasteiger charge is -2.18. The lowest BCUT2D eigenvalue weighted by molar-refractivity contribution is 0.0529. The van der Waals surface area contributed by atoms with E-state index in [4.69, 9.17) is 14.3 Å². The van der Waals surface area contributed by atoms with Crippen LogP contribution in [-0.4, -0.2) is 27.7 Å². The molecule has 152 valence electrons. The van der Waals surface area contributed by atoms with Crippen molar-refractivity contribution in [3.05, 3.63) is 72.4 Å². The molecule has 0 saturated heterocycles. The summed E-state index contributed by atoms with van der Waals surface area (Å²) in [6.45, 7) is 5.37. The first kappa shape index (κ1) is 19.4. The Balaban J connectivity index is 1.68. The highest BCUT2D eigenvalue weighted by atomic mass is 16.6. The molecule has 0 spiro atoms. The van der Waals surface area contributed by atoms with E-state index < -0.39 is 11.7 Å². The molecule has 0 bridgehead atoms. The Morgan fingerprint density at radius 3 is 2.60 bits per heavy atom. The molecule has 30 heavy (non-hydrogen) atoms. The zero-order chi connectivity index (χ0) is 21.1. The number of para-hydroxylation sites is 2. The van der Waals surface area contributed by atoms with Gasteiger partial charge < -0.3 is 9.15 Å². The van der Waals surface area contributed by atoms with Crippen molar-refractivity contribution in [3.63, 3.8) is 0 Å². The summed E-state index contributed by atoms with van der Waals surface area (Å²) in [5.41, 5.74) is 4.76. The third-order valence-corrected chi connectivity index (χ3v) is 4.18.